The summed E-state index contributed by atoms with van der Waals surface area (Å²) < 4.78 is 2.67. The molecule has 3 heteroatoms. The van der Waals surface area contributed by atoms with Crippen LogP contribution in [-0.2, 0) is 7.05 Å². The quantitative estimate of drug-likeness (QED) is 0.457. The van der Waals surface area contributed by atoms with Crippen LogP contribution in [0.15, 0.2) is 18.6 Å². The van der Waals surface area contributed by atoms with Crippen LogP contribution in [0.25, 0.3) is 0 Å². The highest BCUT2D eigenvalue weighted by molar-refractivity contribution is 4.83. The van der Waals surface area contributed by atoms with E-state index in [-0.39, 0.29) is 0 Å². The topological polar surface area (TPSA) is 27.9 Å². The largest absolute Gasteiger partial charge is 0.346 e. The first-order valence-electron chi connectivity index (χ1n) is 2.75. The average Bonchev–Trinajstić information content (AvgIpc) is 1.80. The Morgan fingerprint density at radius 2 is 2.33 bits per heavy atom. The molecule has 48 valence electrons. The highest BCUT2D eigenvalue weighted by Crippen LogP contribution is 1.82. The van der Waals surface area contributed by atoms with Gasteiger partial charge in [0.1, 0.15) is 0 Å². The third-order valence-electron chi connectivity index (χ3n) is 1.18. The first-order chi connectivity index (χ1) is 4.20. The van der Waals surface area contributed by atoms with Crippen molar-refractivity contribution in [2.45, 2.75) is 6.92 Å². The molecule has 0 radical (unpaired) electrons. The fourth-order valence-corrected chi connectivity index (χ4v) is 0.678. The number of hydrogen-bond acceptors (Lipinski definition) is 1. The van der Waals surface area contributed by atoms with E-state index in [4.69, 9.17) is 0 Å². The predicted octanol–water partition coefficient (Wildman–Crippen LogP) is 0.248. The van der Waals surface area contributed by atoms with Gasteiger partial charge in [-0.15, -0.1) is 0 Å². The van der Waals surface area contributed by atoms with E-state index < -0.39 is 0 Å². The third-order valence-corrected chi connectivity index (χ3v) is 1.18. The third kappa shape index (κ3) is 1.16. The first-order valence-corrected chi connectivity index (χ1v) is 2.75. The van der Waals surface area contributed by atoms with Crippen LogP contribution in [-0.4, -0.2) is 4.57 Å². The van der Waals surface area contributed by atoms with E-state index in [1.165, 1.54) is 6.20 Å². The molecule has 0 aliphatic carbocycles. The van der Waals surface area contributed by atoms with Gasteiger partial charge in [0, 0.05) is 18.9 Å². The summed E-state index contributed by atoms with van der Waals surface area (Å²) in [6.07, 6.45) is 4.96. The number of aryl methyl sites for hydroxylation is 2. The van der Waals surface area contributed by atoms with Crippen molar-refractivity contribution in [3.63, 3.8) is 0 Å². The van der Waals surface area contributed by atoms with Crippen LogP contribution >= 0.6 is 0 Å². The van der Waals surface area contributed by atoms with Crippen molar-refractivity contribution in [3.05, 3.63) is 29.2 Å². The Kier molecular flexibility index (Phi) is 1.34. The van der Waals surface area contributed by atoms with E-state index in [0.717, 1.165) is 4.43 Å². The molecule has 0 saturated heterocycles. The van der Waals surface area contributed by atoms with Gasteiger partial charge in [0.2, 0.25) is 6.20 Å². The van der Waals surface area contributed by atoms with Crippen molar-refractivity contribution in [3.8, 4) is 0 Å². The molecule has 1 rings (SSSR count). The second-order valence-electron chi connectivity index (χ2n) is 2.06. The van der Waals surface area contributed by atoms with E-state index in [0.29, 0.717) is 5.69 Å². The molecule has 0 N–H and O–H groups in total. The van der Waals surface area contributed by atoms with Crippen molar-refractivity contribution >= 4 is 0 Å². The molecule has 3 nitrogen and oxygen atoms in total. The van der Waals surface area contributed by atoms with Crippen LogP contribution in [0.2, 0.25) is 0 Å². The van der Waals surface area contributed by atoms with E-state index in [2.05, 4.69) is 0 Å². The molecule has 1 aromatic rings. The summed E-state index contributed by atoms with van der Waals surface area (Å²) in [5.41, 5.74) is 0.708. The van der Waals surface area contributed by atoms with Gasteiger partial charge in [-0.2, -0.15) is 0 Å². The zero-order valence-electron chi connectivity index (χ0n) is 5.53. The van der Waals surface area contributed by atoms with Gasteiger partial charge >= 0.3 is 0 Å². The number of rotatable bonds is 0. The minimum absolute atomic E-state index is 0.708. The van der Waals surface area contributed by atoms with Gasteiger partial charge < -0.3 is 4.57 Å². The van der Waals surface area contributed by atoms with E-state index >= 15 is 0 Å². The molecule has 1 aromatic heterocycles. The number of hydrogen-bond donors (Lipinski definition) is 0. The molecule has 0 amide bonds. The Morgan fingerprint density at radius 3 is 2.78 bits per heavy atom. The maximum atomic E-state index is 10.7. The molecule has 0 aromatic carbocycles. The summed E-state index contributed by atoms with van der Waals surface area (Å²) in [6, 6.07) is 0. The molecule has 0 spiro atoms. The lowest BCUT2D eigenvalue weighted by Gasteiger charge is -1.88. The lowest BCUT2D eigenvalue weighted by atomic mass is 10.5. The monoisotopic (exact) mass is 125 g/mol. The molecule has 0 atom stereocenters. The summed E-state index contributed by atoms with van der Waals surface area (Å²) in [4.78, 5) is 10.7. The summed E-state index contributed by atoms with van der Waals surface area (Å²) in [5.74, 6) is 0. The van der Waals surface area contributed by atoms with Crippen LogP contribution < -0.4 is 4.43 Å². The van der Waals surface area contributed by atoms with Gasteiger partial charge in [0.05, 0.1) is 16.8 Å². The van der Waals surface area contributed by atoms with Crippen LogP contribution in [0, 0.1) is 11.8 Å². The minimum atomic E-state index is 0.708. The molecule has 0 saturated carbocycles. The van der Waals surface area contributed by atoms with Gasteiger partial charge in [-0.3, -0.25) is 0 Å². The van der Waals surface area contributed by atoms with Crippen molar-refractivity contribution in [2.24, 2.45) is 7.05 Å². The van der Waals surface area contributed by atoms with E-state index in [1.54, 1.807) is 19.3 Å². The predicted molar refractivity (Wildman–Crippen MR) is 33.5 cm³/mol. The van der Waals surface area contributed by atoms with Crippen LogP contribution in [0.3, 0.4) is 0 Å². The van der Waals surface area contributed by atoms with Gasteiger partial charge in [0.15, 0.2) is 0 Å². The molecule has 1 heterocycles. The first kappa shape index (κ1) is 6.01. The maximum absolute atomic E-state index is 10.7. The zero-order valence-corrected chi connectivity index (χ0v) is 5.53. The summed E-state index contributed by atoms with van der Waals surface area (Å²) >= 11 is 0. The van der Waals surface area contributed by atoms with Crippen LogP contribution in [0.5, 0.6) is 0 Å². The minimum Gasteiger partial charge on any atom is -0.346 e. The van der Waals surface area contributed by atoms with Gasteiger partial charge in [0.25, 0.3) is 5.69 Å². The molecule has 0 unspecified atom stereocenters. The Morgan fingerprint density at radius 1 is 1.67 bits per heavy atom. The van der Waals surface area contributed by atoms with Crippen molar-refractivity contribution in [1.82, 2.24) is 4.57 Å². The molecule has 0 bridgehead atoms. The Labute approximate surface area is 53.2 Å². The highest BCUT2D eigenvalue weighted by atomic mass is 16.3. The van der Waals surface area contributed by atoms with Gasteiger partial charge in [-0.25, -0.2) is 0 Å². The lowest BCUT2D eigenvalue weighted by Crippen LogP contribution is -2.18. The zero-order chi connectivity index (χ0) is 6.85. The fraction of sp³-hybridized carbons (Fsp3) is 0.333. The smallest absolute Gasteiger partial charge is 0.252 e. The summed E-state index contributed by atoms with van der Waals surface area (Å²) in [5, 5.41) is 0. The Bertz CT molecular complexity index is 264. The Hall–Kier alpha value is -1.12. The molecule has 0 aliphatic rings. The molecule has 0 aliphatic heterocycles. The summed E-state index contributed by atoms with van der Waals surface area (Å²) in [7, 11) is 1.88. The molecule has 0 fully saturated rings. The SMILES string of the molecule is Cc1cn(C)cc[n+]1=O. The van der Waals surface area contributed by atoms with E-state index in [9.17, 15) is 4.91 Å². The Balaban J connectivity index is 3.34. The van der Waals surface area contributed by atoms with Crippen molar-refractivity contribution < 1.29 is 4.43 Å². The summed E-state index contributed by atoms with van der Waals surface area (Å²) in [6.45, 7) is 1.77. The number of nitrogens with zero attached hydrogens (tertiary/aromatic N) is 2. The van der Waals surface area contributed by atoms with E-state index in [1.807, 2.05) is 11.6 Å². The molecular formula is C6H9N2O+. The van der Waals surface area contributed by atoms with Crippen molar-refractivity contribution in [1.29, 1.82) is 0 Å². The van der Waals surface area contributed by atoms with Gasteiger partial charge in [-0.1, -0.05) is 0 Å². The maximum Gasteiger partial charge on any atom is 0.252 e. The number of aromatic nitrogens is 2. The normalized spacial score (nSPS) is 9.56. The van der Waals surface area contributed by atoms with Crippen LogP contribution in [0.1, 0.15) is 5.69 Å². The molecule has 9 heavy (non-hydrogen) atoms. The highest BCUT2D eigenvalue weighted by Gasteiger charge is 1.97. The second kappa shape index (κ2) is 2.01. The lowest BCUT2D eigenvalue weighted by molar-refractivity contribution is -0.503. The fourth-order valence-electron chi connectivity index (χ4n) is 0.678. The standard InChI is InChI=1S/C6H9N2O/c1-6-5-7(2)3-4-8(6)9/h3-5H,1-2H3/q+1. The van der Waals surface area contributed by atoms with Crippen molar-refractivity contribution in [2.75, 3.05) is 0 Å². The molecular weight excluding hydrogens is 116 g/mol. The van der Waals surface area contributed by atoms with Crippen LogP contribution in [0.4, 0.5) is 0 Å². The van der Waals surface area contributed by atoms with Gasteiger partial charge in [-0.05, 0) is 0 Å². The average molecular weight is 125 g/mol. The second-order valence-corrected chi connectivity index (χ2v) is 2.06.